The first-order valence-corrected chi connectivity index (χ1v) is 10.5. The van der Waals surface area contributed by atoms with E-state index in [0.29, 0.717) is 17.4 Å². The van der Waals surface area contributed by atoms with Gasteiger partial charge in [-0.1, -0.05) is 48.5 Å². The molecule has 3 atom stereocenters. The number of hydrogen-bond acceptors (Lipinski definition) is 3. The lowest BCUT2D eigenvalue weighted by molar-refractivity contribution is -0.122. The van der Waals surface area contributed by atoms with Gasteiger partial charge in [0.1, 0.15) is 11.5 Å². The van der Waals surface area contributed by atoms with Crippen molar-refractivity contribution in [2.75, 3.05) is 4.90 Å². The Morgan fingerprint density at radius 3 is 1.97 bits per heavy atom. The van der Waals surface area contributed by atoms with Crippen LogP contribution >= 0.6 is 0 Å². The number of nitrogens with zero attached hydrogens (tertiary/aromatic N) is 1. The molecule has 1 aliphatic heterocycles. The SMILES string of the molecule is O=C1C2CCC(c3ccccc3)CC2C(=O)N1c1ccc(Oc2ccccc2)cc1. The molecule has 3 unspecified atom stereocenters. The second kappa shape index (κ2) is 7.79. The lowest BCUT2D eigenvalue weighted by Gasteiger charge is -2.28. The van der Waals surface area contributed by atoms with E-state index in [0.717, 1.165) is 25.0 Å². The van der Waals surface area contributed by atoms with E-state index < -0.39 is 0 Å². The lowest BCUT2D eigenvalue weighted by Crippen LogP contribution is -2.30. The number of anilines is 1. The molecule has 0 radical (unpaired) electrons. The summed E-state index contributed by atoms with van der Waals surface area (Å²) in [6.45, 7) is 0. The molecule has 0 spiro atoms. The molecule has 3 aromatic rings. The fraction of sp³-hybridized carbons (Fsp3) is 0.231. The van der Waals surface area contributed by atoms with E-state index in [1.807, 2.05) is 48.5 Å². The zero-order chi connectivity index (χ0) is 20.5. The number of hydrogen-bond donors (Lipinski definition) is 0. The largest absolute Gasteiger partial charge is 0.457 e. The zero-order valence-electron chi connectivity index (χ0n) is 16.6. The van der Waals surface area contributed by atoms with Gasteiger partial charge in [-0.05, 0) is 67.1 Å². The van der Waals surface area contributed by atoms with Crippen LogP contribution in [0.3, 0.4) is 0 Å². The van der Waals surface area contributed by atoms with E-state index >= 15 is 0 Å². The number of ether oxygens (including phenoxy) is 1. The van der Waals surface area contributed by atoms with Gasteiger partial charge in [-0.15, -0.1) is 0 Å². The van der Waals surface area contributed by atoms with Gasteiger partial charge in [-0.3, -0.25) is 14.5 Å². The fourth-order valence-electron chi connectivity index (χ4n) is 4.75. The maximum absolute atomic E-state index is 13.2. The van der Waals surface area contributed by atoms with Gasteiger partial charge in [0.15, 0.2) is 0 Å². The summed E-state index contributed by atoms with van der Waals surface area (Å²) in [6.07, 6.45) is 2.45. The van der Waals surface area contributed by atoms with Crippen LogP contribution in [0, 0.1) is 11.8 Å². The zero-order valence-corrected chi connectivity index (χ0v) is 16.6. The van der Waals surface area contributed by atoms with Crippen molar-refractivity contribution in [3.63, 3.8) is 0 Å². The Labute approximate surface area is 176 Å². The van der Waals surface area contributed by atoms with Crippen molar-refractivity contribution in [2.45, 2.75) is 25.2 Å². The quantitative estimate of drug-likeness (QED) is 0.542. The molecule has 4 nitrogen and oxygen atoms in total. The molecule has 5 rings (SSSR count). The molecule has 1 heterocycles. The van der Waals surface area contributed by atoms with E-state index in [-0.39, 0.29) is 23.7 Å². The summed E-state index contributed by atoms with van der Waals surface area (Å²) >= 11 is 0. The lowest BCUT2D eigenvalue weighted by atomic mass is 9.73. The molecule has 0 bridgehead atoms. The summed E-state index contributed by atoms with van der Waals surface area (Å²) in [5.74, 6) is 1.21. The van der Waals surface area contributed by atoms with Crippen molar-refractivity contribution in [1.29, 1.82) is 0 Å². The first-order valence-electron chi connectivity index (χ1n) is 10.5. The highest BCUT2D eigenvalue weighted by Crippen LogP contribution is 2.45. The highest BCUT2D eigenvalue weighted by molar-refractivity contribution is 6.22. The Bertz CT molecular complexity index is 1050. The molecule has 1 saturated heterocycles. The standard InChI is InChI=1S/C26H23NO3/c28-25-23-16-11-19(18-7-3-1-4-8-18)17-24(23)26(29)27(25)20-12-14-22(15-13-20)30-21-9-5-2-6-10-21/h1-10,12-15,19,23-24H,11,16-17H2. The average molecular weight is 397 g/mol. The minimum absolute atomic E-state index is 0.0618. The number of benzene rings is 3. The second-order valence-corrected chi connectivity index (χ2v) is 8.05. The number of fused-ring (bicyclic) bond motifs is 1. The van der Waals surface area contributed by atoms with Crippen LogP contribution in [0.4, 0.5) is 5.69 Å². The number of imide groups is 1. The molecule has 1 saturated carbocycles. The number of rotatable bonds is 4. The highest BCUT2D eigenvalue weighted by atomic mass is 16.5. The van der Waals surface area contributed by atoms with Gasteiger partial charge in [0.2, 0.25) is 11.8 Å². The van der Waals surface area contributed by atoms with Crippen LogP contribution in [0.2, 0.25) is 0 Å². The van der Waals surface area contributed by atoms with Crippen LogP contribution in [0.25, 0.3) is 0 Å². The van der Waals surface area contributed by atoms with E-state index in [1.54, 1.807) is 24.3 Å². The van der Waals surface area contributed by atoms with E-state index in [2.05, 4.69) is 12.1 Å². The maximum atomic E-state index is 13.2. The number of carbonyl (C=O) groups excluding carboxylic acids is 2. The number of amides is 2. The Morgan fingerprint density at radius 2 is 1.27 bits per heavy atom. The maximum Gasteiger partial charge on any atom is 0.237 e. The van der Waals surface area contributed by atoms with Crippen molar-refractivity contribution >= 4 is 17.5 Å². The topological polar surface area (TPSA) is 46.6 Å². The van der Waals surface area contributed by atoms with Crippen LogP contribution in [0.5, 0.6) is 11.5 Å². The van der Waals surface area contributed by atoms with Gasteiger partial charge in [0.05, 0.1) is 17.5 Å². The first-order chi connectivity index (χ1) is 14.7. The van der Waals surface area contributed by atoms with Gasteiger partial charge < -0.3 is 4.74 Å². The average Bonchev–Trinajstić information content (AvgIpc) is 3.05. The highest BCUT2D eigenvalue weighted by Gasteiger charge is 2.50. The van der Waals surface area contributed by atoms with Crippen LogP contribution < -0.4 is 9.64 Å². The van der Waals surface area contributed by atoms with Crippen molar-refractivity contribution in [1.82, 2.24) is 0 Å². The third kappa shape index (κ3) is 3.39. The summed E-state index contributed by atoms with van der Waals surface area (Å²) in [5.41, 5.74) is 1.88. The molecule has 2 aliphatic rings. The molecule has 2 fully saturated rings. The smallest absolute Gasteiger partial charge is 0.237 e. The Hall–Kier alpha value is -3.40. The van der Waals surface area contributed by atoms with Crippen LogP contribution in [-0.4, -0.2) is 11.8 Å². The van der Waals surface area contributed by atoms with Gasteiger partial charge in [-0.2, -0.15) is 0 Å². The third-order valence-electron chi connectivity index (χ3n) is 6.27. The van der Waals surface area contributed by atoms with Crippen molar-refractivity contribution in [2.24, 2.45) is 11.8 Å². The number of carbonyl (C=O) groups is 2. The molecule has 0 aromatic heterocycles. The van der Waals surface area contributed by atoms with E-state index in [4.69, 9.17) is 4.74 Å². The molecule has 4 heteroatoms. The molecule has 30 heavy (non-hydrogen) atoms. The van der Waals surface area contributed by atoms with Crippen molar-refractivity contribution in [3.8, 4) is 11.5 Å². The monoisotopic (exact) mass is 397 g/mol. The Kier molecular flexibility index (Phi) is 4.83. The normalized spacial score (nSPS) is 23.3. The summed E-state index contributed by atoms with van der Waals surface area (Å²) in [5, 5.41) is 0. The molecule has 0 N–H and O–H groups in total. The Morgan fingerprint density at radius 1 is 0.667 bits per heavy atom. The van der Waals surface area contributed by atoms with Gasteiger partial charge in [-0.25, -0.2) is 0 Å². The van der Waals surface area contributed by atoms with E-state index in [1.165, 1.54) is 10.5 Å². The number of para-hydroxylation sites is 1. The first kappa shape index (κ1) is 18.6. The third-order valence-corrected chi connectivity index (χ3v) is 6.27. The molecule has 1 aliphatic carbocycles. The van der Waals surface area contributed by atoms with Gasteiger partial charge in [0.25, 0.3) is 0 Å². The molecular weight excluding hydrogens is 374 g/mol. The van der Waals surface area contributed by atoms with Crippen molar-refractivity contribution < 1.29 is 14.3 Å². The predicted molar refractivity (Wildman–Crippen MR) is 115 cm³/mol. The van der Waals surface area contributed by atoms with Gasteiger partial charge >= 0.3 is 0 Å². The van der Waals surface area contributed by atoms with Gasteiger partial charge in [0, 0.05) is 0 Å². The minimum Gasteiger partial charge on any atom is -0.457 e. The fourth-order valence-corrected chi connectivity index (χ4v) is 4.75. The van der Waals surface area contributed by atoms with E-state index in [9.17, 15) is 9.59 Å². The summed E-state index contributed by atoms with van der Waals surface area (Å²) < 4.78 is 5.82. The van der Waals surface area contributed by atoms with Crippen LogP contribution in [-0.2, 0) is 9.59 Å². The second-order valence-electron chi connectivity index (χ2n) is 8.05. The van der Waals surface area contributed by atoms with Crippen LogP contribution in [0.1, 0.15) is 30.7 Å². The molecular formula is C26H23NO3. The summed E-state index contributed by atoms with van der Waals surface area (Å²) in [4.78, 5) is 27.6. The predicted octanol–water partition coefficient (Wildman–Crippen LogP) is 5.55. The molecule has 3 aromatic carbocycles. The summed E-state index contributed by atoms with van der Waals surface area (Å²) in [6, 6.07) is 27.0. The Balaban J connectivity index is 1.33. The molecule has 2 amide bonds. The summed E-state index contributed by atoms with van der Waals surface area (Å²) in [7, 11) is 0. The van der Waals surface area contributed by atoms with Crippen molar-refractivity contribution in [3.05, 3.63) is 90.5 Å². The molecule has 150 valence electrons. The van der Waals surface area contributed by atoms with Crippen LogP contribution in [0.15, 0.2) is 84.9 Å². The minimum atomic E-state index is -0.225.